The summed E-state index contributed by atoms with van der Waals surface area (Å²) in [5.74, 6) is 1.48. The summed E-state index contributed by atoms with van der Waals surface area (Å²) in [6.45, 7) is 12.0. The fourth-order valence-corrected chi connectivity index (χ4v) is 5.29. The number of nitrogens with zero attached hydrogens (tertiary/aromatic N) is 6. The van der Waals surface area contributed by atoms with Gasteiger partial charge in [-0.25, -0.2) is 14.3 Å². The van der Waals surface area contributed by atoms with E-state index in [1.807, 2.05) is 0 Å². The van der Waals surface area contributed by atoms with Crippen LogP contribution in [0.2, 0.25) is 0 Å². The van der Waals surface area contributed by atoms with Gasteiger partial charge in [-0.15, -0.1) is 0 Å². The van der Waals surface area contributed by atoms with E-state index in [1.54, 1.807) is 11.9 Å². The van der Waals surface area contributed by atoms with E-state index >= 15 is 0 Å². The predicted molar refractivity (Wildman–Crippen MR) is 126 cm³/mol. The van der Waals surface area contributed by atoms with Gasteiger partial charge in [-0.2, -0.15) is 0 Å². The molecule has 9 heteroatoms. The average molecular weight is 454 g/mol. The standard InChI is InChI=1S/C24H33N6O3/c1-16-11-17(2)13-19(12-16)29-14-18(3)15-30-20-21(25-23(29)30)26(4)24(32)28(22(20)31)6-5-27-7-9-33-10-8-27/h11-13,18,20H,5-10,14-15H2,1-4H3/q+1. The summed E-state index contributed by atoms with van der Waals surface area (Å²) in [6, 6.07) is 5.62. The second kappa shape index (κ2) is 8.53. The molecule has 0 spiro atoms. The number of rotatable bonds is 4. The lowest BCUT2D eigenvalue weighted by Crippen LogP contribution is -2.64. The van der Waals surface area contributed by atoms with Gasteiger partial charge in [-0.05, 0) is 37.1 Å². The molecule has 4 heterocycles. The fraction of sp³-hybridized carbons (Fsp3) is 0.583. The van der Waals surface area contributed by atoms with E-state index in [0.29, 0.717) is 38.1 Å². The number of aryl methyl sites for hydroxylation is 2. The van der Waals surface area contributed by atoms with Gasteiger partial charge in [0.2, 0.25) is 11.9 Å². The molecule has 5 rings (SSSR count). The van der Waals surface area contributed by atoms with Crippen molar-refractivity contribution in [2.75, 3.05) is 64.4 Å². The van der Waals surface area contributed by atoms with Gasteiger partial charge in [0.15, 0.2) is 0 Å². The minimum absolute atomic E-state index is 0.172. The molecule has 0 N–H and O–H groups in total. The molecule has 0 bridgehead atoms. The maximum absolute atomic E-state index is 13.6. The number of amides is 3. The zero-order chi connectivity index (χ0) is 23.3. The first-order valence-corrected chi connectivity index (χ1v) is 11.8. The quantitative estimate of drug-likeness (QED) is 0.640. The van der Waals surface area contributed by atoms with E-state index in [0.717, 1.165) is 37.8 Å². The lowest BCUT2D eigenvalue weighted by molar-refractivity contribution is -0.545. The Morgan fingerprint density at radius 1 is 1.09 bits per heavy atom. The van der Waals surface area contributed by atoms with Crippen molar-refractivity contribution in [3.63, 3.8) is 0 Å². The predicted octanol–water partition coefficient (Wildman–Crippen LogP) is 1.13. The highest BCUT2D eigenvalue weighted by atomic mass is 16.5. The van der Waals surface area contributed by atoms with Crippen LogP contribution in [0.25, 0.3) is 0 Å². The molecular formula is C24H33N6O3+. The highest BCUT2D eigenvalue weighted by Gasteiger charge is 2.55. The van der Waals surface area contributed by atoms with Crippen molar-refractivity contribution in [3.05, 3.63) is 29.3 Å². The van der Waals surface area contributed by atoms with Crippen LogP contribution in [0.5, 0.6) is 0 Å². The molecule has 2 saturated heterocycles. The average Bonchev–Trinajstić information content (AvgIpc) is 3.16. The monoisotopic (exact) mass is 453 g/mol. The largest absolute Gasteiger partial charge is 0.397 e. The summed E-state index contributed by atoms with van der Waals surface area (Å²) < 4.78 is 7.50. The molecule has 1 aromatic carbocycles. The Hall–Kier alpha value is -2.78. The molecule has 176 valence electrons. The van der Waals surface area contributed by atoms with Crippen molar-refractivity contribution in [3.8, 4) is 0 Å². The normalized spacial score (nSPS) is 26.1. The van der Waals surface area contributed by atoms with E-state index in [-0.39, 0.29) is 11.9 Å². The molecule has 3 amide bonds. The SMILES string of the molecule is Cc1cc(C)cc(N2CC(C)C[N+]3=C2N=C2C3C(=O)N(CCN3CCOCC3)C(=O)N2C)c1. The summed E-state index contributed by atoms with van der Waals surface area (Å²) in [5.41, 5.74) is 3.46. The second-order valence-electron chi connectivity index (χ2n) is 9.67. The zero-order valence-electron chi connectivity index (χ0n) is 20.0. The van der Waals surface area contributed by atoms with Crippen LogP contribution in [-0.2, 0) is 9.53 Å². The Balaban J connectivity index is 1.45. The minimum atomic E-state index is -0.552. The maximum atomic E-state index is 13.6. The van der Waals surface area contributed by atoms with Gasteiger partial charge in [-0.3, -0.25) is 19.5 Å². The van der Waals surface area contributed by atoms with Crippen molar-refractivity contribution >= 4 is 29.4 Å². The number of hydrogen-bond donors (Lipinski definition) is 0. The molecule has 0 aromatic heterocycles. The zero-order valence-corrected chi connectivity index (χ0v) is 20.0. The number of urea groups is 1. The van der Waals surface area contributed by atoms with E-state index in [9.17, 15) is 9.59 Å². The second-order valence-corrected chi connectivity index (χ2v) is 9.67. The van der Waals surface area contributed by atoms with Crippen LogP contribution < -0.4 is 4.90 Å². The summed E-state index contributed by atoms with van der Waals surface area (Å²) in [5, 5.41) is 0. The van der Waals surface area contributed by atoms with E-state index in [4.69, 9.17) is 9.73 Å². The third-order valence-corrected chi connectivity index (χ3v) is 6.89. The molecule has 1 aromatic rings. The van der Waals surface area contributed by atoms with Gasteiger partial charge < -0.3 is 4.74 Å². The molecule has 0 radical (unpaired) electrons. The number of fused-ring (bicyclic) bond motifs is 2. The number of carbonyl (C=O) groups excluding carboxylic acids is 2. The number of benzene rings is 1. The number of anilines is 1. The number of likely N-dealkylation sites (N-methyl/N-ethyl adjacent to an activating group) is 1. The molecule has 2 unspecified atom stereocenters. The van der Waals surface area contributed by atoms with Crippen LogP contribution >= 0.6 is 0 Å². The van der Waals surface area contributed by atoms with Gasteiger partial charge in [-0.1, -0.05) is 18.0 Å². The third kappa shape index (κ3) is 3.93. The number of carbonyl (C=O) groups is 2. The first-order chi connectivity index (χ1) is 15.8. The lowest BCUT2D eigenvalue weighted by atomic mass is 10.1. The highest BCUT2D eigenvalue weighted by molar-refractivity contribution is 6.24. The Morgan fingerprint density at radius 3 is 2.48 bits per heavy atom. The Kier molecular flexibility index (Phi) is 5.70. The number of aliphatic imine (C=N–C) groups is 1. The molecule has 2 fully saturated rings. The number of imide groups is 1. The summed E-state index contributed by atoms with van der Waals surface area (Å²) in [4.78, 5) is 39.0. The van der Waals surface area contributed by atoms with Crippen LogP contribution in [0.1, 0.15) is 18.1 Å². The Bertz CT molecular complexity index is 1020. The van der Waals surface area contributed by atoms with Gasteiger partial charge in [0, 0.05) is 39.1 Å². The fourth-order valence-electron chi connectivity index (χ4n) is 5.29. The lowest BCUT2D eigenvalue weighted by Gasteiger charge is -2.36. The third-order valence-electron chi connectivity index (χ3n) is 6.89. The first kappa shape index (κ1) is 22.0. The molecule has 0 saturated carbocycles. The number of ether oxygens (including phenoxy) is 1. The van der Waals surface area contributed by atoms with Crippen LogP contribution in [0.4, 0.5) is 10.5 Å². The molecule has 4 aliphatic rings. The topological polar surface area (TPSA) is 71.7 Å². The van der Waals surface area contributed by atoms with Gasteiger partial charge >= 0.3 is 12.0 Å². The molecule has 33 heavy (non-hydrogen) atoms. The molecule has 4 aliphatic heterocycles. The molecule has 0 aliphatic carbocycles. The van der Waals surface area contributed by atoms with E-state index < -0.39 is 6.04 Å². The maximum Gasteiger partial charge on any atom is 0.397 e. The van der Waals surface area contributed by atoms with Crippen molar-refractivity contribution in [2.45, 2.75) is 26.8 Å². The molecular weight excluding hydrogens is 420 g/mol. The van der Waals surface area contributed by atoms with E-state index in [2.05, 4.69) is 53.3 Å². The smallest absolute Gasteiger partial charge is 0.379 e. The summed E-state index contributed by atoms with van der Waals surface area (Å²) in [6.07, 6.45) is 0. The van der Waals surface area contributed by atoms with Gasteiger partial charge in [0.1, 0.15) is 5.69 Å². The Morgan fingerprint density at radius 2 is 1.79 bits per heavy atom. The number of guanidine groups is 1. The van der Waals surface area contributed by atoms with Crippen molar-refractivity contribution in [1.82, 2.24) is 14.7 Å². The van der Waals surface area contributed by atoms with Gasteiger partial charge in [0.25, 0.3) is 5.91 Å². The van der Waals surface area contributed by atoms with Crippen molar-refractivity contribution in [1.29, 1.82) is 0 Å². The van der Waals surface area contributed by atoms with Gasteiger partial charge in [0.05, 0.1) is 26.3 Å². The summed E-state index contributed by atoms with van der Waals surface area (Å²) >= 11 is 0. The Labute approximate surface area is 194 Å². The molecule has 9 nitrogen and oxygen atoms in total. The number of morpholine rings is 1. The minimum Gasteiger partial charge on any atom is -0.379 e. The molecule has 2 atom stereocenters. The van der Waals surface area contributed by atoms with E-state index in [1.165, 1.54) is 16.0 Å². The van der Waals surface area contributed by atoms with Crippen molar-refractivity contribution < 1.29 is 18.9 Å². The van der Waals surface area contributed by atoms with Crippen LogP contribution in [-0.4, -0.2) is 109 Å². The van der Waals surface area contributed by atoms with Crippen LogP contribution in [0.3, 0.4) is 0 Å². The first-order valence-electron chi connectivity index (χ1n) is 11.8. The number of hydrogen-bond acceptors (Lipinski definition) is 6. The number of amidine groups is 1. The van der Waals surface area contributed by atoms with Crippen LogP contribution in [0, 0.1) is 19.8 Å². The highest BCUT2D eigenvalue weighted by Crippen LogP contribution is 2.29. The summed E-state index contributed by atoms with van der Waals surface area (Å²) in [7, 11) is 1.73. The van der Waals surface area contributed by atoms with Crippen molar-refractivity contribution in [2.24, 2.45) is 10.9 Å². The van der Waals surface area contributed by atoms with Crippen LogP contribution in [0.15, 0.2) is 23.2 Å².